The van der Waals surface area contributed by atoms with Crippen LogP contribution < -0.4 is 10.6 Å². The summed E-state index contributed by atoms with van der Waals surface area (Å²) >= 11 is 12.6. The zero-order chi connectivity index (χ0) is 25.9. The van der Waals surface area contributed by atoms with Gasteiger partial charge in [-0.15, -0.1) is 0 Å². The van der Waals surface area contributed by atoms with Gasteiger partial charge in [0.05, 0.1) is 12.0 Å². The minimum absolute atomic E-state index is 0.0390. The highest BCUT2D eigenvalue weighted by Gasteiger charge is 2.64. The zero-order valence-corrected chi connectivity index (χ0v) is 22.1. The average molecular weight is 518 g/mol. The van der Waals surface area contributed by atoms with E-state index in [4.69, 9.17) is 33.0 Å². The summed E-state index contributed by atoms with van der Waals surface area (Å²) in [6.07, 6.45) is 0.432. The third-order valence-electron chi connectivity index (χ3n) is 6.43. The van der Waals surface area contributed by atoms with Gasteiger partial charge in [-0.2, -0.15) is 5.26 Å². The van der Waals surface area contributed by atoms with Gasteiger partial charge in [0.2, 0.25) is 0 Å². The van der Waals surface area contributed by atoms with Crippen LogP contribution in [0.5, 0.6) is 0 Å². The molecule has 0 saturated carbocycles. The van der Waals surface area contributed by atoms with E-state index >= 15 is 0 Å². The second kappa shape index (κ2) is 10.8. The average Bonchev–Trinajstić information content (AvgIpc) is 3.00. The van der Waals surface area contributed by atoms with Gasteiger partial charge in [-0.25, -0.2) is 4.79 Å². The maximum Gasteiger partial charge on any atom is 0.408 e. The van der Waals surface area contributed by atoms with Crippen molar-refractivity contribution in [3.05, 3.63) is 69.7 Å². The number of halogens is 2. The molecule has 1 fully saturated rings. The van der Waals surface area contributed by atoms with Gasteiger partial charge in [0.25, 0.3) is 0 Å². The fourth-order valence-corrected chi connectivity index (χ4v) is 5.48. The first-order valence-corrected chi connectivity index (χ1v) is 12.5. The molecular formula is C27H33Cl2N3O3. The lowest BCUT2D eigenvalue weighted by Gasteiger charge is -2.38. The van der Waals surface area contributed by atoms with Crippen LogP contribution in [0, 0.1) is 16.7 Å². The van der Waals surface area contributed by atoms with E-state index in [0.29, 0.717) is 22.9 Å². The van der Waals surface area contributed by atoms with Crippen molar-refractivity contribution in [3.63, 3.8) is 0 Å². The summed E-state index contributed by atoms with van der Waals surface area (Å²) in [4.78, 5) is 12.8. The standard InChI is InChI=1S/C27H33Cl2N3O3/c1-25(2,3)16-22-27(17-30,19-9-11-20(28)12-10-19)23(18-7-5-8-21(29)15-18)26(4,32-22)35-24(34)31-13-6-14-33/h5,7-12,15,22-23,32-33H,6,13-14,16H2,1-4H3,(H,31,34)/t22-,23-,26+,27-/m0/s1. The van der Waals surface area contributed by atoms with Gasteiger partial charge in [0, 0.05) is 29.2 Å². The van der Waals surface area contributed by atoms with Crippen LogP contribution in [0.1, 0.15) is 57.6 Å². The number of amides is 1. The lowest BCUT2D eigenvalue weighted by molar-refractivity contribution is -0.00575. The quantitative estimate of drug-likeness (QED) is 0.405. The summed E-state index contributed by atoms with van der Waals surface area (Å²) in [6.45, 7) is 8.39. The topological polar surface area (TPSA) is 94.4 Å². The van der Waals surface area contributed by atoms with Gasteiger partial charge >= 0.3 is 6.09 Å². The third kappa shape index (κ3) is 5.92. The summed E-state index contributed by atoms with van der Waals surface area (Å²) < 4.78 is 6.04. The van der Waals surface area contributed by atoms with Crippen molar-refractivity contribution in [1.82, 2.24) is 10.6 Å². The minimum atomic E-state index is -1.24. The summed E-state index contributed by atoms with van der Waals surface area (Å²) in [5.41, 5.74) is -0.894. The third-order valence-corrected chi connectivity index (χ3v) is 6.92. The van der Waals surface area contributed by atoms with Crippen molar-refractivity contribution in [2.24, 2.45) is 5.41 Å². The largest absolute Gasteiger partial charge is 0.427 e. The molecule has 0 aliphatic carbocycles. The van der Waals surface area contributed by atoms with E-state index in [1.807, 2.05) is 30.3 Å². The predicted molar refractivity (Wildman–Crippen MR) is 139 cm³/mol. The van der Waals surface area contributed by atoms with Crippen LogP contribution in [-0.2, 0) is 10.2 Å². The number of nitriles is 1. The van der Waals surface area contributed by atoms with E-state index in [2.05, 4.69) is 37.5 Å². The van der Waals surface area contributed by atoms with E-state index < -0.39 is 23.2 Å². The highest BCUT2D eigenvalue weighted by Crippen LogP contribution is 2.55. The molecule has 4 atom stereocenters. The van der Waals surface area contributed by atoms with Crippen LogP contribution in [0.25, 0.3) is 0 Å². The molecule has 0 spiro atoms. The molecule has 1 aliphatic rings. The van der Waals surface area contributed by atoms with Crippen molar-refractivity contribution in [2.75, 3.05) is 13.2 Å². The SMILES string of the molecule is CC(C)(C)C[C@@H]1N[C@](C)(OC(=O)NCCCO)[C@H](c2cccc(Cl)c2)[C@@]1(C#N)c1ccc(Cl)cc1. The van der Waals surface area contributed by atoms with Crippen molar-refractivity contribution >= 4 is 29.3 Å². The van der Waals surface area contributed by atoms with Crippen molar-refractivity contribution < 1.29 is 14.6 Å². The van der Waals surface area contributed by atoms with Gasteiger partial charge in [0.15, 0.2) is 5.72 Å². The molecule has 6 nitrogen and oxygen atoms in total. The summed E-state index contributed by atoms with van der Waals surface area (Å²) in [7, 11) is 0. The Hall–Kier alpha value is -2.30. The van der Waals surface area contributed by atoms with E-state index in [9.17, 15) is 10.1 Å². The molecule has 1 saturated heterocycles. The van der Waals surface area contributed by atoms with Crippen LogP contribution in [0.15, 0.2) is 48.5 Å². The first kappa shape index (κ1) is 27.3. The summed E-state index contributed by atoms with van der Waals surface area (Å²) in [6, 6.07) is 16.9. The molecule has 0 bridgehead atoms. The van der Waals surface area contributed by atoms with Crippen molar-refractivity contribution in [2.45, 2.75) is 63.6 Å². The molecule has 1 aliphatic heterocycles. The molecule has 3 N–H and O–H groups in total. The Bertz CT molecular complexity index is 1080. The van der Waals surface area contributed by atoms with Crippen LogP contribution in [0.2, 0.25) is 10.0 Å². The number of hydrogen-bond donors (Lipinski definition) is 3. The molecule has 3 rings (SSSR count). The molecule has 35 heavy (non-hydrogen) atoms. The Morgan fingerprint density at radius 2 is 1.89 bits per heavy atom. The fraction of sp³-hybridized carbons (Fsp3) is 0.481. The smallest absolute Gasteiger partial charge is 0.408 e. The number of alkyl carbamates (subject to hydrolysis) is 1. The Labute approximate surface area is 217 Å². The minimum Gasteiger partial charge on any atom is -0.427 e. The van der Waals surface area contributed by atoms with Crippen LogP contribution in [-0.4, -0.2) is 36.1 Å². The van der Waals surface area contributed by atoms with Crippen molar-refractivity contribution in [3.8, 4) is 6.07 Å². The molecule has 0 aromatic heterocycles. The van der Waals surface area contributed by atoms with Gasteiger partial charge in [-0.1, -0.05) is 68.2 Å². The fourth-order valence-electron chi connectivity index (χ4n) is 5.16. The lowest BCUT2D eigenvalue weighted by Crippen LogP contribution is -2.49. The number of nitrogens with one attached hydrogen (secondary N) is 2. The molecular weight excluding hydrogens is 485 g/mol. The Kier molecular flexibility index (Phi) is 8.39. The number of rotatable bonds is 7. The zero-order valence-electron chi connectivity index (χ0n) is 20.6. The number of hydrogen-bond acceptors (Lipinski definition) is 5. The summed E-state index contributed by atoms with van der Waals surface area (Å²) in [5.74, 6) is -0.587. The Morgan fingerprint density at radius 3 is 2.46 bits per heavy atom. The van der Waals surface area contributed by atoms with Gasteiger partial charge in [0.1, 0.15) is 5.41 Å². The van der Waals surface area contributed by atoms with Crippen LogP contribution >= 0.6 is 23.2 Å². The van der Waals surface area contributed by atoms with E-state index in [1.54, 1.807) is 25.1 Å². The Balaban J connectivity index is 2.21. The van der Waals surface area contributed by atoms with Crippen molar-refractivity contribution in [1.29, 1.82) is 5.26 Å². The van der Waals surface area contributed by atoms with E-state index in [1.165, 1.54) is 0 Å². The molecule has 2 aromatic rings. The number of carbonyl (C=O) groups is 1. The highest BCUT2D eigenvalue weighted by atomic mass is 35.5. The molecule has 1 heterocycles. The number of benzene rings is 2. The number of aliphatic hydroxyl groups excluding tert-OH is 1. The lowest BCUT2D eigenvalue weighted by atomic mass is 9.62. The summed E-state index contributed by atoms with van der Waals surface area (Å²) in [5, 5.41) is 27.3. The molecule has 1 amide bonds. The molecule has 0 radical (unpaired) electrons. The maximum atomic E-state index is 12.8. The van der Waals surface area contributed by atoms with E-state index in [0.717, 1.165) is 11.1 Å². The van der Waals surface area contributed by atoms with Gasteiger partial charge in [-0.05, 0) is 60.6 Å². The number of carbonyl (C=O) groups excluding carboxylic acids is 1. The first-order valence-electron chi connectivity index (χ1n) is 11.7. The maximum absolute atomic E-state index is 12.8. The Morgan fingerprint density at radius 1 is 1.20 bits per heavy atom. The first-order chi connectivity index (χ1) is 16.4. The molecule has 8 heteroatoms. The number of aliphatic hydroxyl groups is 1. The predicted octanol–water partition coefficient (Wildman–Crippen LogP) is 5.77. The van der Waals surface area contributed by atoms with Gasteiger partial charge in [-0.3, -0.25) is 5.32 Å². The highest BCUT2D eigenvalue weighted by molar-refractivity contribution is 6.30. The molecule has 0 unspecified atom stereocenters. The monoisotopic (exact) mass is 517 g/mol. The number of ether oxygens (including phenoxy) is 1. The van der Waals surface area contributed by atoms with Gasteiger partial charge < -0.3 is 15.2 Å². The van der Waals surface area contributed by atoms with Crippen LogP contribution in [0.3, 0.4) is 0 Å². The molecule has 2 aromatic carbocycles. The molecule has 188 valence electrons. The second-order valence-corrected chi connectivity index (χ2v) is 11.3. The van der Waals surface area contributed by atoms with E-state index in [-0.39, 0.29) is 24.6 Å². The van der Waals surface area contributed by atoms with Crippen LogP contribution in [0.4, 0.5) is 4.79 Å². The normalized spacial score (nSPS) is 26.2. The number of nitrogens with zero attached hydrogens (tertiary/aromatic N) is 1. The second-order valence-electron chi connectivity index (χ2n) is 10.4.